The molecular formula is C15H22BrNO. The minimum Gasteiger partial charge on any atom is -0.326 e. The van der Waals surface area contributed by atoms with Crippen LogP contribution in [0.5, 0.6) is 0 Å². The average Bonchev–Trinajstić information content (AvgIpc) is 2.36. The standard InChI is InChI=1S/C15H22BrNO/c1-4-6-8-12(5-2)15(18)17-14-10-7-9-13(16)11(14)3/h7,9-10,12H,4-6,8H2,1-3H3,(H,17,18). The van der Waals surface area contributed by atoms with Crippen LogP contribution in [0.1, 0.15) is 45.1 Å². The van der Waals surface area contributed by atoms with Gasteiger partial charge in [-0.15, -0.1) is 0 Å². The van der Waals surface area contributed by atoms with Crippen molar-refractivity contribution >= 4 is 27.5 Å². The van der Waals surface area contributed by atoms with Crippen molar-refractivity contribution in [2.24, 2.45) is 5.92 Å². The zero-order valence-corrected chi connectivity index (χ0v) is 13.0. The second-order valence-electron chi connectivity index (χ2n) is 4.65. The number of hydrogen-bond acceptors (Lipinski definition) is 1. The van der Waals surface area contributed by atoms with E-state index in [1.807, 2.05) is 25.1 Å². The predicted molar refractivity (Wildman–Crippen MR) is 80.8 cm³/mol. The summed E-state index contributed by atoms with van der Waals surface area (Å²) in [6, 6.07) is 5.88. The highest BCUT2D eigenvalue weighted by atomic mass is 79.9. The van der Waals surface area contributed by atoms with Crippen molar-refractivity contribution in [3.63, 3.8) is 0 Å². The van der Waals surface area contributed by atoms with Crippen molar-refractivity contribution in [2.45, 2.75) is 46.5 Å². The van der Waals surface area contributed by atoms with Crippen LogP contribution >= 0.6 is 15.9 Å². The molecule has 0 bridgehead atoms. The SMILES string of the molecule is CCCCC(CC)C(=O)Nc1cccc(Br)c1C. The van der Waals surface area contributed by atoms with Crippen LogP contribution in [0.15, 0.2) is 22.7 Å². The van der Waals surface area contributed by atoms with E-state index in [-0.39, 0.29) is 11.8 Å². The molecule has 0 spiro atoms. The number of amides is 1. The summed E-state index contributed by atoms with van der Waals surface area (Å²) in [5, 5.41) is 3.04. The van der Waals surface area contributed by atoms with Crippen molar-refractivity contribution in [2.75, 3.05) is 5.32 Å². The molecule has 1 unspecified atom stereocenters. The molecule has 2 nitrogen and oxygen atoms in total. The fraction of sp³-hybridized carbons (Fsp3) is 0.533. The van der Waals surface area contributed by atoms with Gasteiger partial charge in [0.15, 0.2) is 0 Å². The minimum absolute atomic E-state index is 0.128. The lowest BCUT2D eigenvalue weighted by Crippen LogP contribution is -2.22. The molecule has 1 aromatic carbocycles. The Labute approximate surface area is 118 Å². The Hall–Kier alpha value is -0.830. The van der Waals surface area contributed by atoms with Crippen LogP contribution in [0.2, 0.25) is 0 Å². The highest BCUT2D eigenvalue weighted by Gasteiger charge is 2.16. The summed E-state index contributed by atoms with van der Waals surface area (Å²) >= 11 is 3.48. The van der Waals surface area contributed by atoms with Crippen LogP contribution < -0.4 is 5.32 Å². The smallest absolute Gasteiger partial charge is 0.227 e. The minimum atomic E-state index is 0.128. The summed E-state index contributed by atoms with van der Waals surface area (Å²) in [5.74, 6) is 0.274. The maximum absolute atomic E-state index is 12.2. The second kappa shape index (κ2) is 7.57. The maximum atomic E-state index is 12.2. The zero-order chi connectivity index (χ0) is 13.5. The van der Waals surface area contributed by atoms with Crippen LogP contribution in [0.25, 0.3) is 0 Å². The van der Waals surface area contributed by atoms with Gasteiger partial charge in [0.25, 0.3) is 0 Å². The van der Waals surface area contributed by atoms with Crippen LogP contribution in [0.4, 0.5) is 5.69 Å². The molecule has 0 fully saturated rings. The van der Waals surface area contributed by atoms with E-state index in [0.29, 0.717) is 0 Å². The third kappa shape index (κ3) is 4.13. The molecule has 0 radical (unpaired) electrons. The lowest BCUT2D eigenvalue weighted by atomic mass is 9.98. The molecule has 1 rings (SSSR count). The first kappa shape index (κ1) is 15.2. The number of nitrogens with one attached hydrogen (secondary N) is 1. The van der Waals surface area contributed by atoms with Gasteiger partial charge in [-0.1, -0.05) is 48.7 Å². The van der Waals surface area contributed by atoms with Crippen LogP contribution in [0.3, 0.4) is 0 Å². The highest BCUT2D eigenvalue weighted by molar-refractivity contribution is 9.10. The van der Waals surface area contributed by atoms with Gasteiger partial charge in [0.1, 0.15) is 0 Å². The molecule has 1 N–H and O–H groups in total. The van der Waals surface area contributed by atoms with Gasteiger partial charge < -0.3 is 5.32 Å². The molecule has 0 aliphatic rings. The van der Waals surface area contributed by atoms with Gasteiger partial charge in [0.2, 0.25) is 5.91 Å². The molecule has 1 aromatic rings. The Morgan fingerprint density at radius 1 is 1.39 bits per heavy atom. The molecule has 100 valence electrons. The van der Waals surface area contributed by atoms with Crippen molar-refractivity contribution in [3.05, 3.63) is 28.2 Å². The van der Waals surface area contributed by atoms with Crippen molar-refractivity contribution in [1.82, 2.24) is 0 Å². The number of carbonyl (C=O) groups excluding carboxylic acids is 1. The number of hydrogen-bond donors (Lipinski definition) is 1. The van der Waals surface area contributed by atoms with Crippen molar-refractivity contribution in [1.29, 1.82) is 0 Å². The summed E-state index contributed by atoms with van der Waals surface area (Å²) in [6.07, 6.45) is 4.13. The van der Waals surface area contributed by atoms with E-state index in [1.54, 1.807) is 0 Å². The van der Waals surface area contributed by atoms with E-state index in [0.717, 1.165) is 41.4 Å². The number of rotatable bonds is 6. The van der Waals surface area contributed by atoms with E-state index in [4.69, 9.17) is 0 Å². The third-order valence-corrected chi connectivity index (χ3v) is 4.15. The number of halogens is 1. The normalized spacial score (nSPS) is 12.2. The summed E-state index contributed by atoms with van der Waals surface area (Å²) in [5.41, 5.74) is 1.99. The van der Waals surface area contributed by atoms with Crippen LogP contribution in [0, 0.1) is 12.8 Å². The molecule has 0 heterocycles. The predicted octanol–water partition coefficient (Wildman–Crippen LogP) is 4.91. The lowest BCUT2D eigenvalue weighted by molar-refractivity contribution is -0.120. The molecule has 1 atom stereocenters. The molecule has 0 saturated heterocycles. The van der Waals surface area contributed by atoms with Crippen molar-refractivity contribution < 1.29 is 4.79 Å². The number of carbonyl (C=O) groups is 1. The Morgan fingerprint density at radius 2 is 2.11 bits per heavy atom. The molecular weight excluding hydrogens is 290 g/mol. The highest BCUT2D eigenvalue weighted by Crippen LogP contribution is 2.24. The zero-order valence-electron chi connectivity index (χ0n) is 11.4. The molecule has 0 saturated carbocycles. The number of unbranched alkanes of at least 4 members (excludes halogenated alkanes) is 1. The quantitative estimate of drug-likeness (QED) is 0.794. The van der Waals surface area contributed by atoms with Gasteiger partial charge in [-0.05, 0) is 37.5 Å². The fourth-order valence-corrected chi connectivity index (χ4v) is 2.32. The Balaban J connectivity index is 2.70. The summed E-state index contributed by atoms with van der Waals surface area (Å²) in [6.45, 7) is 6.24. The van der Waals surface area contributed by atoms with Gasteiger partial charge in [-0.25, -0.2) is 0 Å². The third-order valence-electron chi connectivity index (χ3n) is 3.30. The van der Waals surface area contributed by atoms with Gasteiger partial charge >= 0.3 is 0 Å². The molecule has 0 aliphatic carbocycles. The molecule has 3 heteroatoms. The Bertz CT molecular complexity index is 403. The van der Waals surface area contributed by atoms with Gasteiger partial charge in [0, 0.05) is 16.1 Å². The van der Waals surface area contributed by atoms with E-state index >= 15 is 0 Å². The fourth-order valence-electron chi connectivity index (χ4n) is 1.95. The van der Waals surface area contributed by atoms with Crippen LogP contribution in [-0.2, 0) is 4.79 Å². The largest absolute Gasteiger partial charge is 0.326 e. The van der Waals surface area contributed by atoms with Gasteiger partial charge in [-0.3, -0.25) is 4.79 Å². The van der Waals surface area contributed by atoms with Gasteiger partial charge in [0.05, 0.1) is 0 Å². The summed E-state index contributed by atoms with van der Waals surface area (Å²) in [4.78, 5) is 12.2. The second-order valence-corrected chi connectivity index (χ2v) is 5.50. The monoisotopic (exact) mass is 311 g/mol. The summed E-state index contributed by atoms with van der Waals surface area (Å²) < 4.78 is 1.03. The molecule has 18 heavy (non-hydrogen) atoms. The first-order chi connectivity index (χ1) is 8.60. The molecule has 1 amide bonds. The van der Waals surface area contributed by atoms with E-state index in [1.165, 1.54) is 0 Å². The Kier molecular flexibility index (Phi) is 6.41. The maximum Gasteiger partial charge on any atom is 0.227 e. The molecule has 0 aliphatic heterocycles. The first-order valence-corrected chi connectivity index (χ1v) is 7.45. The molecule has 0 aromatic heterocycles. The van der Waals surface area contributed by atoms with E-state index in [9.17, 15) is 4.79 Å². The first-order valence-electron chi connectivity index (χ1n) is 6.66. The summed E-state index contributed by atoms with van der Waals surface area (Å²) in [7, 11) is 0. The van der Waals surface area contributed by atoms with Crippen LogP contribution in [-0.4, -0.2) is 5.91 Å². The average molecular weight is 312 g/mol. The van der Waals surface area contributed by atoms with Gasteiger partial charge in [-0.2, -0.15) is 0 Å². The van der Waals surface area contributed by atoms with E-state index in [2.05, 4.69) is 35.1 Å². The van der Waals surface area contributed by atoms with Crippen molar-refractivity contribution in [3.8, 4) is 0 Å². The topological polar surface area (TPSA) is 29.1 Å². The lowest BCUT2D eigenvalue weighted by Gasteiger charge is -2.16. The van der Waals surface area contributed by atoms with E-state index < -0.39 is 0 Å². The number of anilines is 1. The number of benzene rings is 1. The Morgan fingerprint density at radius 3 is 2.72 bits per heavy atom.